The molecule has 9 heteroatoms. The number of rotatable bonds is 12. The maximum atomic E-state index is 11.3. The maximum absolute atomic E-state index is 11.3. The summed E-state index contributed by atoms with van der Waals surface area (Å²) < 4.78 is 31.8. The average Bonchev–Trinajstić information content (AvgIpc) is 2.55. The molecule has 0 fully saturated rings. The summed E-state index contributed by atoms with van der Waals surface area (Å²) in [7, 11) is -4.10. The van der Waals surface area contributed by atoms with Crippen molar-refractivity contribution >= 4 is 62.4 Å². The largest absolute Gasteiger partial charge is 2.00 e. The first kappa shape index (κ1) is 32.6. The number of unbranched alkanes of at least 4 members (excludes halogenated alkanes) is 9. The first-order valence-electron chi connectivity index (χ1n) is 9.26. The van der Waals surface area contributed by atoms with Gasteiger partial charge < -0.3 is 15.9 Å². The normalized spacial score (nSPS) is 10.1. The van der Waals surface area contributed by atoms with E-state index in [9.17, 15) is 13.0 Å². The molecular formula is C19H36Mg2O6S. The van der Waals surface area contributed by atoms with Crippen molar-refractivity contribution in [2.24, 2.45) is 0 Å². The van der Waals surface area contributed by atoms with Gasteiger partial charge >= 0.3 is 52.3 Å². The van der Waals surface area contributed by atoms with E-state index in [0.29, 0.717) is 6.42 Å². The molecule has 1 rings (SSSR count). The summed E-state index contributed by atoms with van der Waals surface area (Å²) in [5, 5.41) is 13.9. The fraction of sp³-hybridized carbons (Fsp3) is 0.632. The van der Waals surface area contributed by atoms with Crippen molar-refractivity contribution in [3.05, 3.63) is 29.8 Å². The fourth-order valence-corrected chi connectivity index (χ4v) is 3.52. The fourth-order valence-electron chi connectivity index (χ4n) is 2.76. The summed E-state index contributed by atoms with van der Waals surface area (Å²) >= 11 is 0. The minimum absolute atomic E-state index is 0. The second-order valence-corrected chi connectivity index (χ2v) is 7.69. The predicted octanol–water partition coefficient (Wildman–Crippen LogP) is 5.31. The standard InChI is InChI=1S/C18H30O3S.CH2O3.2Mg.4H/c1-2-3-4-5-6-7-8-9-10-11-14-17-15-12-13-16-18(17)22(19,20)21;2-1(3)4;;;;;;/h12-13,15-16H,2-11,14H2,1H3,(H,19,20,21);(H2,2,3,4);;;;;;/q;;2*+2;4*-1. The zero-order valence-electron chi connectivity index (χ0n) is 21.0. The van der Waals surface area contributed by atoms with Crippen LogP contribution in [0.2, 0.25) is 0 Å². The first-order valence-corrected chi connectivity index (χ1v) is 10.7. The summed E-state index contributed by atoms with van der Waals surface area (Å²) in [4.78, 5) is 8.62. The number of benzene rings is 1. The second kappa shape index (κ2) is 20.2. The number of hydrogen-bond acceptors (Lipinski definition) is 3. The molecule has 0 aromatic heterocycles. The molecule has 0 aliphatic rings. The molecule has 0 spiro atoms. The Kier molecular flexibility index (Phi) is 23.5. The van der Waals surface area contributed by atoms with Crippen LogP contribution in [0.25, 0.3) is 0 Å². The topological polar surface area (TPSA) is 112 Å². The minimum Gasteiger partial charge on any atom is -1.00 e. The quantitative estimate of drug-likeness (QED) is 0.230. The summed E-state index contributed by atoms with van der Waals surface area (Å²) in [6.45, 7) is 2.24. The molecule has 0 radical (unpaired) electrons. The van der Waals surface area contributed by atoms with Gasteiger partial charge in [0.25, 0.3) is 10.1 Å². The van der Waals surface area contributed by atoms with Crippen molar-refractivity contribution < 1.29 is 33.7 Å². The number of carboxylic acid groups (broad SMARTS) is 2. The van der Waals surface area contributed by atoms with Crippen LogP contribution in [0, 0.1) is 0 Å². The van der Waals surface area contributed by atoms with Crippen LogP contribution in [0.4, 0.5) is 4.79 Å². The van der Waals surface area contributed by atoms with Gasteiger partial charge in [0.15, 0.2) is 0 Å². The van der Waals surface area contributed by atoms with Gasteiger partial charge in [0.1, 0.15) is 0 Å². The van der Waals surface area contributed by atoms with Crippen molar-refractivity contribution in [1.82, 2.24) is 0 Å². The van der Waals surface area contributed by atoms with Gasteiger partial charge in [0.2, 0.25) is 0 Å². The Bertz CT molecular complexity index is 622. The van der Waals surface area contributed by atoms with Gasteiger partial charge in [-0.2, -0.15) is 8.42 Å². The number of aryl methyl sites for hydroxylation is 1. The second-order valence-electron chi connectivity index (χ2n) is 6.30. The zero-order valence-corrected chi connectivity index (χ0v) is 20.6. The Labute approximate surface area is 207 Å². The van der Waals surface area contributed by atoms with E-state index in [0.717, 1.165) is 18.4 Å². The van der Waals surface area contributed by atoms with Gasteiger partial charge in [0, 0.05) is 0 Å². The molecule has 6 nitrogen and oxygen atoms in total. The molecule has 28 heavy (non-hydrogen) atoms. The van der Waals surface area contributed by atoms with Crippen molar-refractivity contribution in [1.29, 1.82) is 0 Å². The van der Waals surface area contributed by atoms with Crippen molar-refractivity contribution in [3.63, 3.8) is 0 Å². The van der Waals surface area contributed by atoms with Crippen molar-refractivity contribution in [2.75, 3.05) is 0 Å². The van der Waals surface area contributed by atoms with Crippen LogP contribution in [-0.4, -0.2) is 75.4 Å². The van der Waals surface area contributed by atoms with E-state index in [1.807, 2.05) is 6.07 Å². The van der Waals surface area contributed by atoms with Gasteiger partial charge in [-0.15, -0.1) is 0 Å². The predicted molar refractivity (Wildman–Crippen MR) is 118 cm³/mol. The van der Waals surface area contributed by atoms with E-state index >= 15 is 0 Å². The molecule has 0 aliphatic heterocycles. The molecule has 158 valence electrons. The molecular weight excluding hydrogens is 405 g/mol. The molecule has 0 atom stereocenters. The zero-order chi connectivity index (χ0) is 19.8. The van der Waals surface area contributed by atoms with Crippen molar-refractivity contribution in [2.45, 2.75) is 82.4 Å². The maximum Gasteiger partial charge on any atom is 2.00 e. The summed E-state index contributed by atoms with van der Waals surface area (Å²) in [6, 6.07) is 6.73. The molecule has 1 aromatic carbocycles. The van der Waals surface area contributed by atoms with E-state index < -0.39 is 16.3 Å². The van der Waals surface area contributed by atoms with Gasteiger partial charge in [0.05, 0.1) is 4.90 Å². The van der Waals surface area contributed by atoms with E-state index in [4.69, 9.17) is 15.0 Å². The van der Waals surface area contributed by atoms with E-state index in [-0.39, 0.29) is 56.7 Å². The third kappa shape index (κ3) is 19.3. The van der Waals surface area contributed by atoms with Crippen LogP contribution in [0.3, 0.4) is 0 Å². The van der Waals surface area contributed by atoms with Crippen LogP contribution in [0.1, 0.15) is 82.4 Å². The molecule has 0 heterocycles. The minimum atomic E-state index is -4.10. The third-order valence-electron chi connectivity index (χ3n) is 4.05. The molecule has 0 saturated heterocycles. The van der Waals surface area contributed by atoms with E-state index in [2.05, 4.69) is 6.92 Å². The van der Waals surface area contributed by atoms with Crippen LogP contribution < -0.4 is 0 Å². The monoisotopic (exact) mass is 440 g/mol. The van der Waals surface area contributed by atoms with Gasteiger partial charge in [-0.25, -0.2) is 4.79 Å². The van der Waals surface area contributed by atoms with Crippen molar-refractivity contribution in [3.8, 4) is 0 Å². The van der Waals surface area contributed by atoms with Crippen LogP contribution in [0.15, 0.2) is 29.2 Å². The Morgan fingerprint density at radius 1 is 0.857 bits per heavy atom. The van der Waals surface area contributed by atoms with Gasteiger partial charge in [-0.1, -0.05) is 82.9 Å². The van der Waals surface area contributed by atoms with Gasteiger partial charge in [-0.3, -0.25) is 4.55 Å². The Morgan fingerprint density at radius 2 is 1.25 bits per heavy atom. The smallest absolute Gasteiger partial charge is 1.00 e. The van der Waals surface area contributed by atoms with Gasteiger partial charge in [-0.05, 0) is 24.5 Å². The molecule has 0 amide bonds. The van der Waals surface area contributed by atoms with Crippen LogP contribution >= 0.6 is 0 Å². The average molecular weight is 441 g/mol. The summed E-state index contributed by atoms with van der Waals surface area (Å²) in [6.07, 6.45) is 11.5. The Morgan fingerprint density at radius 3 is 1.68 bits per heavy atom. The summed E-state index contributed by atoms with van der Waals surface area (Å²) in [5.41, 5.74) is 0.726. The Balaban J connectivity index is -0.000000115. The SMILES string of the molecule is CCCCCCCCCCCCc1ccccc1S(=O)(=O)O.O=C(O)O.[H-].[H-].[H-].[H-].[Mg+2].[Mg+2]. The van der Waals surface area contributed by atoms with Crippen LogP contribution in [-0.2, 0) is 16.5 Å². The molecule has 0 saturated carbocycles. The molecule has 0 unspecified atom stereocenters. The molecule has 3 N–H and O–H groups in total. The first-order chi connectivity index (χ1) is 12.3. The Hall–Kier alpha value is -0.0675. The van der Waals surface area contributed by atoms with E-state index in [1.54, 1.807) is 12.1 Å². The molecule has 0 bridgehead atoms. The van der Waals surface area contributed by atoms with Crippen LogP contribution in [0.5, 0.6) is 0 Å². The third-order valence-corrected chi connectivity index (χ3v) is 5.00. The molecule has 1 aromatic rings. The number of carbonyl (C=O) groups is 1. The number of hydrogen-bond donors (Lipinski definition) is 3. The molecule has 0 aliphatic carbocycles. The van der Waals surface area contributed by atoms with E-state index in [1.165, 1.54) is 57.4 Å². The summed E-state index contributed by atoms with van der Waals surface area (Å²) in [5.74, 6) is 0.